The first kappa shape index (κ1) is 15.2. The average molecular weight is 314 g/mol. The van der Waals surface area contributed by atoms with Crippen LogP contribution in [-0.2, 0) is 4.79 Å². The number of carbonyl (C=O) groups is 2. The molecule has 1 aliphatic heterocycles. The van der Waals surface area contributed by atoms with Crippen LogP contribution >= 0.6 is 0 Å². The molecule has 1 fully saturated rings. The zero-order chi connectivity index (χ0) is 16.2. The van der Waals surface area contributed by atoms with E-state index in [1.807, 2.05) is 6.07 Å². The number of likely N-dealkylation sites (tertiary alicyclic amines) is 1. The standard InChI is InChI=1S/C16H18N4O3/c1-11-18-16(23-19-11)13-8-5-9-20(13)14(21)10-17-15(22)12-6-3-2-4-7-12/h2-4,6-7,13H,5,8-10H2,1H3,(H,17,22). The number of hydrogen-bond acceptors (Lipinski definition) is 5. The van der Waals surface area contributed by atoms with E-state index in [0.717, 1.165) is 12.8 Å². The number of carbonyl (C=O) groups excluding carboxylic acids is 2. The summed E-state index contributed by atoms with van der Waals surface area (Å²) < 4.78 is 5.18. The number of aryl methyl sites for hydroxylation is 1. The van der Waals surface area contributed by atoms with E-state index in [4.69, 9.17) is 4.52 Å². The Morgan fingerprint density at radius 2 is 2.13 bits per heavy atom. The van der Waals surface area contributed by atoms with Crippen molar-refractivity contribution in [2.24, 2.45) is 0 Å². The van der Waals surface area contributed by atoms with Crippen LogP contribution in [-0.4, -0.2) is 39.9 Å². The number of nitrogens with zero attached hydrogens (tertiary/aromatic N) is 3. The van der Waals surface area contributed by atoms with Crippen LogP contribution in [0.25, 0.3) is 0 Å². The Hall–Kier alpha value is -2.70. The quantitative estimate of drug-likeness (QED) is 0.923. The second-order valence-corrected chi connectivity index (χ2v) is 5.47. The van der Waals surface area contributed by atoms with E-state index < -0.39 is 0 Å². The minimum Gasteiger partial charge on any atom is -0.343 e. The van der Waals surface area contributed by atoms with Crippen molar-refractivity contribution in [2.75, 3.05) is 13.1 Å². The van der Waals surface area contributed by atoms with Crippen LogP contribution in [0.4, 0.5) is 0 Å². The number of nitrogens with one attached hydrogen (secondary N) is 1. The Morgan fingerprint density at radius 1 is 1.35 bits per heavy atom. The molecule has 7 nitrogen and oxygen atoms in total. The van der Waals surface area contributed by atoms with Crippen LogP contribution < -0.4 is 5.32 Å². The van der Waals surface area contributed by atoms with E-state index >= 15 is 0 Å². The van der Waals surface area contributed by atoms with Crippen LogP contribution in [0.15, 0.2) is 34.9 Å². The van der Waals surface area contributed by atoms with Gasteiger partial charge in [-0.05, 0) is 31.9 Å². The zero-order valence-corrected chi connectivity index (χ0v) is 12.9. The molecule has 1 aromatic carbocycles. The summed E-state index contributed by atoms with van der Waals surface area (Å²) >= 11 is 0. The molecule has 7 heteroatoms. The van der Waals surface area contributed by atoms with Gasteiger partial charge in [0.1, 0.15) is 6.04 Å². The van der Waals surface area contributed by atoms with E-state index in [1.54, 1.807) is 36.1 Å². The summed E-state index contributed by atoms with van der Waals surface area (Å²) in [4.78, 5) is 30.3. The molecule has 2 heterocycles. The van der Waals surface area contributed by atoms with Gasteiger partial charge in [-0.1, -0.05) is 23.4 Å². The molecule has 1 unspecified atom stereocenters. The fourth-order valence-electron chi connectivity index (χ4n) is 2.72. The van der Waals surface area contributed by atoms with Gasteiger partial charge in [0.15, 0.2) is 5.82 Å². The summed E-state index contributed by atoms with van der Waals surface area (Å²) in [7, 11) is 0. The third-order valence-electron chi connectivity index (χ3n) is 3.84. The van der Waals surface area contributed by atoms with Crippen molar-refractivity contribution < 1.29 is 14.1 Å². The van der Waals surface area contributed by atoms with Gasteiger partial charge in [-0.3, -0.25) is 9.59 Å². The van der Waals surface area contributed by atoms with Crippen molar-refractivity contribution in [2.45, 2.75) is 25.8 Å². The van der Waals surface area contributed by atoms with Crippen LogP contribution in [0.5, 0.6) is 0 Å². The summed E-state index contributed by atoms with van der Waals surface area (Å²) in [6, 6.07) is 8.62. The van der Waals surface area contributed by atoms with E-state index in [2.05, 4.69) is 15.5 Å². The van der Waals surface area contributed by atoms with Gasteiger partial charge in [0.05, 0.1) is 6.54 Å². The summed E-state index contributed by atoms with van der Waals surface area (Å²) in [5.74, 6) is 0.607. The molecule has 2 amide bonds. The molecule has 1 atom stereocenters. The third kappa shape index (κ3) is 3.39. The average Bonchev–Trinajstić information content (AvgIpc) is 3.21. The Labute approximate surface area is 133 Å². The minimum atomic E-state index is -0.261. The van der Waals surface area contributed by atoms with E-state index in [0.29, 0.717) is 23.8 Å². The first-order chi connectivity index (χ1) is 11.1. The van der Waals surface area contributed by atoms with Gasteiger partial charge in [-0.25, -0.2) is 0 Å². The van der Waals surface area contributed by atoms with Crippen LogP contribution in [0.2, 0.25) is 0 Å². The predicted octanol–water partition coefficient (Wildman–Crippen LogP) is 1.47. The molecule has 0 bridgehead atoms. The second-order valence-electron chi connectivity index (χ2n) is 5.47. The Bertz CT molecular complexity index is 698. The first-order valence-electron chi connectivity index (χ1n) is 7.58. The molecule has 0 saturated carbocycles. The fourth-order valence-corrected chi connectivity index (χ4v) is 2.72. The lowest BCUT2D eigenvalue weighted by atomic mass is 10.2. The summed E-state index contributed by atoms with van der Waals surface area (Å²) in [6.07, 6.45) is 1.67. The second kappa shape index (κ2) is 6.60. The third-order valence-corrected chi connectivity index (χ3v) is 3.84. The molecule has 0 aliphatic carbocycles. The van der Waals surface area contributed by atoms with Gasteiger partial charge in [0, 0.05) is 12.1 Å². The van der Waals surface area contributed by atoms with E-state index in [9.17, 15) is 9.59 Å². The summed E-state index contributed by atoms with van der Waals surface area (Å²) in [6.45, 7) is 2.33. The van der Waals surface area contributed by atoms with Crippen LogP contribution in [0.1, 0.15) is 41.0 Å². The SMILES string of the molecule is Cc1noc(C2CCCN2C(=O)CNC(=O)c2ccccc2)n1. The molecule has 120 valence electrons. The molecule has 2 aromatic rings. The molecule has 1 saturated heterocycles. The fraction of sp³-hybridized carbons (Fsp3) is 0.375. The molecular weight excluding hydrogens is 296 g/mol. The Morgan fingerprint density at radius 3 is 2.83 bits per heavy atom. The molecular formula is C16H18N4O3. The maximum Gasteiger partial charge on any atom is 0.251 e. The largest absolute Gasteiger partial charge is 0.343 e. The molecule has 23 heavy (non-hydrogen) atoms. The lowest BCUT2D eigenvalue weighted by Gasteiger charge is -2.22. The van der Waals surface area contributed by atoms with E-state index in [-0.39, 0.29) is 24.4 Å². The predicted molar refractivity (Wildman–Crippen MR) is 81.5 cm³/mol. The number of amides is 2. The topological polar surface area (TPSA) is 88.3 Å². The molecule has 1 aromatic heterocycles. The molecule has 3 rings (SSSR count). The minimum absolute atomic E-state index is 0.0443. The highest BCUT2D eigenvalue weighted by Gasteiger charge is 2.33. The van der Waals surface area contributed by atoms with Crippen molar-refractivity contribution in [1.29, 1.82) is 0 Å². The van der Waals surface area contributed by atoms with Crippen molar-refractivity contribution in [3.05, 3.63) is 47.6 Å². The van der Waals surface area contributed by atoms with Gasteiger partial charge in [0.2, 0.25) is 11.8 Å². The summed E-state index contributed by atoms with van der Waals surface area (Å²) in [5.41, 5.74) is 0.533. The monoisotopic (exact) mass is 314 g/mol. The van der Waals surface area contributed by atoms with Gasteiger partial charge < -0.3 is 14.7 Å². The number of benzene rings is 1. The zero-order valence-electron chi connectivity index (χ0n) is 12.9. The first-order valence-corrected chi connectivity index (χ1v) is 7.58. The van der Waals surface area contributed by atoms with Gasteiger partial charge in [-0.2, -0.15) is 4.98 Å². The Balaban J connectivity index is 1.60. The van der Waals surface area contributed by atoms with Crippen molar-refractivity contribution in [3.8, 4) is 0 Å². The highest BCUT2D eigenvalue weighted by molar-refractivity contribution is 5.96. The molecule has 1 N–H and O–H groups in total. The number of rotatable bonds is 4. The lowest BCUT2D eigenvalue weighted by Crippen LogP contribution is -2.39. The van der Waals surface area contributed by atoms with Gasteiger partial charge in [-0.15, -0.1) is 0 Å². The smallest absolute Gasteiger partial charge is 0.251 e. The van der Waals surface area contributed by atoms with Crippen LogP contribution in [0, 0.1) is 6.92 Å². The summed E-state index contributed by atoms with van der Waals surface area (Å²) in [5, 5.41) is 6.43. The normalized spacial score (nSPS) is 17.3. The van der Waals surface area contributed by atoms with Gasteiger partial charge >= 0.3 is 0 Å². The van der Waals surface area contributed by atoms with Crippen molar-refractivity contribution >= 4 is 11.8 Å². The number of hydrogen-bond donors (Lipinski definition) is 1. The molecule has 0 spiro atoms. The highest BCUT2D eigenvalue weighted by Crippen LogP contribution is 2.30. The van der Waals surface area contributed by atoms with Gasteiger partial charge in [0.25, 0.3) is 5.91 Å². The maximum atomic E-state index is 12.4. The molecule has 0 radical (unpaired) electrons. The number of aromatic nitrogens is 2. The van der Waals surface area contributed by atoms with E-state index in [1.165, 1.54) is 0 Å². The van der Waals surface area contributed by atoms with Crippen molar-refractivity contribution in [3.63, 3.8) is 0 Å². The van der Waals surface area contributed by atoms with Crippen molar-refractivity contribution in [1.82, 2.24) is 20.4 Å². The molecule has 1 aliphatic rings. The van der Waals surface area contributed by atoms with Crippen LogP contribution in [0.3, 0.4) is 0 Å². The highest BCUT2D eigenvalue weighted by atomic mass is 16.5. The Kier molecular flexibility index (Phi) is 4.36. The maximum absolute atomic E-state index is 12.4. The lowest BCUT2D eigenvalue weighted by molar-refractivity contribution is -0.131.